The molecule has 1 aromatic rings. The number of rotatable bonds is 4. The molecule has 0 saturated carbocycles. The van der Waals surface area contributed by atoms with Crippen LogP contribution in [0.1, 0.15) is 33.1 Å². The van der Waals surface area contributed by atoms with E-state index in [-0.39, 0.29) is 17.2 Å². The summed E-state index contributed by atoms with van der Waals surface area (Å²) in [6.45, 7) is 7.89. The molecule has 2 amide bonds. The normalized spacial score (nSPS) is 22.1. The number of amides is 2. The number of anilines is 1. The van der Waals surface area contributed by atoms with Crippen molar-refractivity contribution in [1.82, 2.24) is 14.8 Å². The summed E-state index contributed by atoms with van der Waals surface area (Å²) in [5.74, 6) is 0.937. The average molecular weight is 330 g/mol. The molecule has 0 atom stereocenters. The summed E-state index contributed by atoms with van der Waals surface area (Å²) in [6, 6.07) is 5.92. The number of piperidine rings is 1. The third-order valence-corrected chi connectivity index (χ3v) is 5.30. The largest absolute Gasteiger partial charge is 0.354 e. The summed E-state index contributed by atoms with van der Waals surface area (Å²) < 4.78 is 0. The van der Waals surface area contributed by atoms with Gasteiger partial charge in [0.05, 0.1) is 6.67 Å². The highest BCUT2D eigenvalue weighted by Gasteiger charge is 2.40. The van der Waals surface area contributed by atoms with Gasteiger partial charge in [0.25, 0.3) is 0 Å². The van der Waals surface area contributed by atoms with E-state index < -0.39 is 0 Å². The van der Waals surface area contributed by atoms with E-state index in [4.69, 9.17) is 0 Å². The Kier molecular flexibility index (Phi) is 4.85. The van der Waals surface area contributed by atoms with Crippen molar-refractivity contribution in [3.63, 3.8) is 0 Å². The van der Waals surface area contributed by atoms with E-state index in [0.717, 1.165) is 38.4 Å². The van der Waals surface area contributed by atoms with Gasteiger partial charge in [-0.15, -0.1) is 0 Å². The Labute approximate surface area is 143 Å². The minimum absolute atomic E-state index is 0.0252. The maximum atomic E-state index is 12.4. The molecule has 6 heteroatoms. The van der Waals surface area contributed by atoms with E-state index in [1.54, 1.807) is 6.20 Å². The molecule has 0 bridgehead atoms. The maximum Gasteiger partial charge on any atom is 0.230 e. The highest BCUT2D eigenvalue weighted by atomic mass is 16.2. The second-order valence-electron chi connectivity index (χ2n) is 7.17. The Morgan fingerprint density at radius 1 is 1.08 bits per heavy atom. The molecule has 0 unspecified atom stereocenters. The number of pyridine rings is 1. The molecule has 0 aliphatic carbocycles. The number of likely N-dealkylation sites (tertiary alicyclic amines) is 1. The van der Waals surface area contributed by atoms with Crippen molar-refractivity contribution in [2.24, 2.45) is 5.41 Å². The molecule has 130 valence electrons. The molecule has 2 fully saturated rings. The average Bonchev–Trinajstić information content (AvgIpc) is 2.59. The molecule has 0 N–H and O–H groups in total. The number of imide groups is 1. The molecule has 2 aliphatic rings. The minimum atomic E-state index is -0.164. The maximum absolute atomic E-state index is 12.4. The first-order valence-corrected chi connectivity index (χ1v) is 8.72. The zero-order chi connectivity index (χ0) is 17.2. The number of hydrogen-bond acceptors (Lipinski definition) is 5. The minimum Gasteiger partial charge on any atom is -0.354 e. The lowest BCUT2D eigenvalue weighted by molar-refractivity contribution is -0.155. The predicted octanol–water partition coefficient (Wildman–Crippen LogP) is 1.73. The zero-order valence-electron chi connectivity index (χ0n) is 14.6. The fraction of sp³-hybridized carbons (Fsp3) is 0.611. The van der Waals surface area contributed by atoms with E-state index in [1.165, 1.54) is 4.90 Å². The summed E-state index contributed by atoms with van der Waals surface area (Å²) in [4.78, 5) is 35.1. The monoisotopic (exact) mass is 330 g/mol. The van der Waals surface area contributed by atoms with E-state index in [9.17, 15) is 9.59 Å². The molecule has 2 aliphatic heterocycles. The van der Waals surface area contributed by atoms with Crippen LogP contribution in [-0.4, -0.2) is 59.4 Å². The molecule has 24 heavy (non-hydrogen) atoms. The van der Waals surface area contributed by atoms with Gasteiger partial charge in [0.1, 0.15) is 5.82 Å². The molecule has 1 aromatic heterocycles. The molecule has 3 rings (SSSR count). The number of piperazine rings is 1. The van der Waals surface area contributed by atoms with Gasteiger partial charge < -0.3 is 4.90 Å². The lowest BCUT2D eigenvalue weighted by atomic mass is 9.77. The summed E-state index contributed by atoms with van der Waals surface area (Å²) in [5, 5.41) is 0. The fourth-order valence-corrected chi connectivity index (χ4v) is 3.39. The number of carbonyl (C=O) groups is 2. The molecule has 2 saturated heterocycles. The second kappa shape index (κ2) is 6.89. The van der Waals surface area contributed by atoms with Gasteiger partial charge in [-0.05, 0) is 24.0 Å². The van der Waals surface area contributed by atoms with E-state index in [0.29, 0.717) is 19.5 Å². The van der Waals surface area contributed by atoms with Gasteiger partial charge in [0.2, 0.25) is 11.8 Å². The van der Waals surface area contributed by atoms with Gasteiger partial charge in [-0.25, -0.2) is 4.98 Å². The van der Waals surface area contributed by atoms with Gasteiger partial charge in [-0.1, -0.05) is 19.9 Å². The van der Waals surface area contributed by atoms with E-state index in [2.05, 4.69) is 14.8 Å². The Morgan fingerprint density at radius 2 is 1.75 bits per heavy atom. The van der Waals surface area contributed by atoms with Crippen LogP contribution in [0.5, 0.6) is 0 Å². The Morgan fingerprint density at radius 3 is 2.29 bits per heavy atom. The van der Waals surface area contributed by atoms with Crippen molar-refractivity contribution in [2.75, 3.05) is 37.7 Å². The van der Waals surface area contributed by atoms with Crippen LogP contribution in [0, 0.1) is 5.41 Å². The number of hydrogen-bond donors (Lipinski definition) is 0. The SMILES string of the molecule is CCC1(C)CC(=O)N(CN2CCN(c3ccccn3)CC2)C(=O)C1. The first-order valence-electron chi connectivity index (χ1n) is 8.72. The summed E-state index contributed by atoms with van der Waals surface area (Å²) >= 11 is 0. The first-order chi connectivity index (χ1) is 11.5. The third kappa shape index (κ3) is 3.59. The van der Waals surface area contributed by atoms with Gasteiger partial charge in [0.15, 0.2) is 0 Å². The molecule has 0 radical (unpaired) electrons. The predicted molar refractivity (Wildman–Crippen MR) is 92.4 cm³/mol. The van der Waals surface area contributed by atoms with Crippen molar-refractivity contribution in [1.29, 1.82) is 0 Å². The third-order valence-electron chi connectivity index (χ3n) is 5.30. The van der Waals surface area contributed by atoms with Crippen LogP contribution >= 0.6 is 0 Å². The standard InChI is InChI=1S/C18H26N4O2/c1-3-18(2)12-16(23)22(17(24)13-18)14-20-8-10-21(11-9-20)15-6-4-5-7-19-15/h4-7H,3,8-14H2,1-2H3. The Hall–Kier alpha value is -1.95. The van der Waals surface area contributed by atoms with Gasteiger partial charge >= 0.3 is 0 Å². The van der Waals surface area contributed by atoms with Crippen molar-refractivity contribution in [3.8, 4) is 0 Å². The molecule has 3 heterocycles. The summed E-state index contributed by atoms with van der Waals surface area (Å²) in [7, 11) is 0. The molecule has 0 aromatic carbocycles. The van der Waals surface area contributed by atoms with Crippen LogP contribution in [-0.2, 0) is 9.59 Å². The highest BCUT2D eigenvalue weighted by Crippen LogP contribution is 2.35. The fourth-order valence-electron chi connectivity index (χ4n) is 3.39. The first kappa shape index (κ1) is 16.9. The topological polar surface area (TPSA) is 56.8 Å². The Balaban J connectivity index is 1.55. The van der Waals surface area contributed by atoms with Crippen LogP contribution in [0.2, 0.25) is 0 Å². The zero-order valence-corrected chi connectivity index (χ0v) is 14.6. The van der Waals surface area contributed by atoms with Crippen LogP contribution in [0.15, 0.2) is 24.4 Å². The molecular formula is C18H26N4O2. The van der Waals surface area contributed by atoms with Crippen LogP contribution in [0.25, 0.3) is 0 Å². The van der Waals surface area contributed by atoms with Gasteiger partial charge in [-0.3, -0.25) is 19.4 Å². The molecule has 0 spiro atoms. The molecule has 6 nitrogen and oxygen atoms in total. The van der Waals surface area contributed by atoms with Gasteiger partial charge in [-0.2, -0.15) is 0 Å². The van der Waals surface area contributed by atoms with E-state index in [1.807, 2.05) is 32.0 Å². The van der Waals surface area contributed by atoms with Crippen LogP contribution < -0.4 is 4.90 Å². The van der Waals surface area contributed by atoms with Crippen molar-refractivity contribution < 1.29 is 9.59 Å². The van der Waals surface area contributed by atoms with Crippen LogP contribution in [0.3, 0.4) is 0 Å². The highest BCUT2D eigenvalue weighted by molar-refractivity contribution is 5.98. The van der Waals surface area contributed by atoms with Crippen molar-refractivity contribution >= 4 is 17.6 Å². The van der Waals surface area contributed by atoms with Gasteiger partial charge in [0, 0.05) is 45.2 Å². The molecular weight excluding hydrogens is 304 g/mol. The smallest absolute Gasteiger partial charge is 0.230 e. The Bertz CT molecular complexity index is 578. The van der Waals surface area contributed by atoms with Crippen molar-refractivity contribution in [3.05, 3.63) is 24.4 Å². The van der Waals surface area contributed by atoms with Crippen LogP contribution in [0.4, 0.5) is 5.82 Å². The number of carbonyl (C=O) groups excluding carboxylic acids is 2. The quantitative estimate of drug-likeness (QED) is 0.787. The van der Waals surface area contributed by atoms with Crippen molar-refractivity contribution in [2.45, 2.75) is 33.1 Å². The second-order valence-corrected chi connectivity index (χ2v) is 7.17. The van der Waals surface area contributed by atoms with E-state index >= 15 is 0 Å². The number of aromatic nitrogens is 1. The lowest BCUT2D eigenvalue weighted by Crippen LogP contribution is -2.55. The lowest BCUT2D eigenvalue weighted by Gasteiger charge is -2.41. The number of nitrogens with zero attached hydrogens (tertiary/aromatic N) is 4. The summed E-state index contributed by atoms with van der Waals surface area (Å²) in [5.41, 5.74) is -0.164. The summed E-state index contributed by atoms with van der Waals surface area (Å²) in [6.07, 6.45) is 3.62.